The molecule has 1 amide bonds. The number of rotatable bonds is 6. The molecule has 3 aromatic rings. The molecule has 1 aliphatic rings. The van der Waals surface area contributed by atoms with Gasteiger partial charge in [0.25, 0.3) is 11.7 Å². The number of benzene rings is 2. The molecule has 1 aromatic heterocycles. The molecule has 7 heteroatoms. The van der Waals surface area contributed by atoms with Crippen LogP contribution in [0, 0.1) is 0 Å². The first-order chi connectivity index (χ1) is 15.0. The van der Waals surface area contributed by atoms with Crippen LogP contribution in [-0.4, -0.2) is 28.3 Å². The molecule has 1 fully saturated rings. The Kier molecular flexibility index (Phi) is 5.82. The minimum absolute atomic E-state index is 0.0293. The van der Waals surface area contributed by atoms with Crippen molar-refractivity contribution in [3.8, 4) is 5.75 Å². The Hall–Kier alpha value is -3.51. The molecule has 0 saturated carbocycles. The number of carbonyl (C=O) groups is 2. The van der Waals surface area contributed by atoms with Gasteiger partial charge in [-0.15, -0.1) is 0 Å². The second kappa shape index (κ2) is 8.70. The Labute approximate surface area is 184 Å². The van der Waals surface area contributed by atoms with Crippen LogP contribution < -0.4 is 4.74 Å². The Morgan fingerprint density at radius 2 is 1.90 bits per heavy atom. The number of furan rings is 1. The van der Waals surface area contributed by atoms with Gasteiger partial charge in [0.05, 0.1) is 36.1 Å². The quantitative estimate of drug-likeness (QED) is 0.335. The highest BCUT2D eigenvalue weighted by Gasteiger charge is 2.46. The Balaban J connectivity index is 1.87. The molecule has 1 aliphatic heterocycles. The third kappa shape index (κ3) is 3.94. The molecular weight excluding hydrogens is 418 g/mol. The second-order valence-corrected chi connectivity index (χ2v) is 7.40. The molecule has 1 N–H and O–H groups in total. The van der Waals surface area contributed by atoms with Crippen LogP contribution in [-0.2, 0) is 16.1 Å². The maximum atomic E-state index is 13.1. The lowest BCUT2D eigenvalue weighted by Crippen LogP contribution is -2.29. The van der Waals surface area contributed by atoms with Gasteiger partial charge in [-0.05, 0) is 42.8 Å². The molecule has 1 saturated heterocycles. The number of ketones is 1. The van der Waals surface area contributed by atoms with Gasteiger partial charge >= 0.3 is 0 Å². The summed E-state index contributed by atoms with van der Waals surface area (Å²) >= 11 is 6.32. The van der Waals surface area contributed by atoms with Gasteiger partial charge in [0.15, 0.2) is 0 Å². The molecule has 0 spiro atoms. The number of carbonyl (C=O) groups excluding carboxylic acids is 2. The summed E-state index contributed by atoms with van der Waals surface area (Å²) < 4.78 is 10.9. The molecule has 0 radical (unpaired) electrons. The van der Waals surface area contributed by atoms with Crippen molar-refractivity contribution in [1.82, 2.24) is 4.90 Å². The monoisotopic (exact) mass is 437 g/mol. The molecule has 1 atom stereocenters. The fourth-order valence-corrected chi connectivity index (χ4v) is 3.89. The lowest BCUT2D eigenvalue weighted by molar-refractivity contribution is -0.140. The first-order valence-corrected chi connectivity index (χ1v) is 10.2. The number of hydrogen-bond donors (Lipinski definition) is 1. The van der Waals surface area contributed by atoms with E-state index in [1.165, 1.54) is 11.2 Å². The van der Waals surface area contributed by atoms with Crippen LogP contribution in [0.3, 0.4) is 0 Å². The van der Waals surface area contributed by atoms with Gasteiger partial charge in [-0.1, -0.05) is 41.9 Å². The number of nitrogens with zero attached hydrogens (tertiary/aromatic N) is 1. The topological polar surface area (TPSA) is 80.0 Å². The van der Waals surface area contributed by atoms with Crippen molar-refractivity contribution >= 4 is 29.1 Å². The van der Waals surface area contributed by atoms with E-state index in [2.05, 4.69) is 0 Å². The van der Waals surface area contributed by atoms with Gasteiger partial charge in [0.1, 0.15) is 17.3 Å². The fraction of sp³-hybridized carbons (Fsp3) is 0.167. The number of hydrogen-bond acceptors (Lipinski definition) is 5. The molecular formula is C24H20ClNO5. The largest absolute Gasteiger partial charge is 0.507 e. The van der Waals surface area contributed by atoms with Crippen LogP contribution in [0.2, 0.25) is 5.02 Å². The van der Waals surface area contributed by atoms with E-state index in [-0.39, 0.29) is 28.5 Å². The van der Waals surface area contributed by atoms with Gasteiger partial charge in [0.2, 0.25) is 0 Å². The predicted molar refractivity (Wildman–Crippen MR) is 116 cm³/mol. The van der Waals surface area contributed by atoms with Crippen molar-refractivity contribution in [2.24, 2.45) is 0 Å². The maximum Gasteiger partial charge on any atom is 0.296 e. The van der Waals surface area contributed by atoms with Crippen molar-refractivity contribution in [1.29, 1.82) is 0 Å². The molecule has 1 unspecified atom stereocenters. The SMILES string of the molecule is CCOc1ccc(Cl)c(/C(O)=C2\C(=O)C(=O)N(Cc3ccco3)C2c2ccccc2)c1. The highest BCUT2D eigenvalue weighted by molar-refractivity contribution is 6.47. The Bertz CT molecular complexity index is 1140. The molecule has 0 bridgehead atoms. The third-order valence-corrected chi connectivity index (χ3v) is 5.40. The number of ether oxygens (including phenoxy) is 1. The smallest absolute Gasteiger partial charge is 0.296 e. The van der Waals surface area contributed by atoms with Gasteiger partial charge in [-0.3, -0.25) is 9.59 Å². The highest BCUT2D eigenvalue weighted by Crippen LogP contribution is 2.41. The summed E-state index contributed by atoms with van der Waals surface area (Å²) in [6, 6.07) is 16.5. The number of aliphatic hydroxyl groups is 1. The highest BCUT2D eigenvalue weighted by atomic mass is 35.5. The average Bonchev–Trinajstić information content (AvgIpc) is 3.38. The van der Waals surface area contributed by atoms with Crippen LogP contribution in [0.5, 0.6) is 5.75 Å². The second-order valence-electron chi connectivity index (χ2n) is 6.99. The summed E-state index contributed by atoms with van der Waals surface area (Å²) in [5.74, 6) is -0.825. The average molecular weight is 438 g/mol. The van der Waals surface area contributed by atoms with Crippen LogP contribution in [0.1, 0.15) is 29.9 Å². The van der Waals surface area contributed by atoms with Crippen molar-refractivity contribution in [3.05, 3.63) is 94.4 Å². The number of aliphatic hydroxyl groups excluding tert-OH is 1. The molecule has 31 heavy (non-hydrogen) atoms. The van der Waals surface area contributed by atoms with Crippen molar-refractivity contribution in [2.45, 2.75) is 19.5 Å². The van der Waals surface area contributed by atoms with Crippen LogP contribution >= 0.6 is 11.6 Å². The summed E-state index contributed by atoms with van der Waals surface area (Å²) in [7, 11) is 0. The Morgan fingerprint density at radius 3 is 2.58 bits per heavy atom. The van der Waals surface area contributed by atoms with E-state index in [1.54, 1.807) is 42.5 Å². The number of amides is 1. The van der Waals surface area contributed by atoms with E-state index < -0.39 is 17.7 Å². The number of Topliss-reactive ketones (excluding diaryl/α,β-unsaturated/α-hetero) is 1. The molecule has 4 rings (SSSR count). The first kappa shape index (κ1) is 20.8. The predicted octanol–water partition coefficient (Wildman–Crippen LogP) is 4.95. The standard InChI is InChI=1S/C24H20ClNO5/c1-2-30-16-10-11-19(25)18(13-16)22(27)20-21(15-7-4-3-5-8-15)26(24(29)23(20)28)14-17-9-6-12-31-17/h3-13,21,27H,2,14H2,1H3/b22-20+. The normalized spacial score (nSPS) is 17.9. The van der Waals surface area contributed by atoms with E-state index in [0.717, 1.165) is 0 Å². The summed E-state index contributed by atoms with van der Waals surface area (Å²) in [6.45, 7) is 2.35. The van der Waals surface area contributed by atoms with E-state index in [0.29, 0.717) is 23.7 Å². The lowest BCUT2D eigenvalue weighted by atomic mass is 9.95. The van der Waals surface area contributed by atoms with Crippen molar-refractivity contribution < 1.29 is 23.8 Å². The minimum Gasteiger partial charge on any atom is -0.507 e. The molecule has 0 aliphatic carbocycles. The summed E-state index contributed by atoms with van der Waals surface area (Å²) in [4.78, 5) is 27.4. The summed E-state index contributed by atoms with van der Waals surface area (Å²) in [6.07, 6.45) is 1.50. The summed E-state index contributed by atoms with van der Waals surface area (Å²) in [5.41, 5.74) is 0.884. The fourth-order valence-electron chi connectivity index (χ4n) is 3.68. The lowest BCUT2D eigenvalue weighted by Gasteiger charge is -2.24. The number of likely N-dealkylation sites (tertiary alicyclic amines) is 1. The third-order valence-electron chi connectivity index (χ3n) is 5.07. The van der Waals surface area contributed by atoms with Crippen LogP contribution in [0.4, 0.5) is 0 Å². The van der Waals surface area contributed by atoms with Gasteiger partial charge in [-0.25, -0.2) is 0 Å². The minimum atomic E-state index is -0.793. The van der Waals surface area contributed by atoms with Crippen LogP contribution in [0.25, 0.3) is 5.76 Å². The van der Waals surface area contributed by atoms with Crippen molar-refractivity contribution in [2.75, 3.05) is 6.61 Å². The zero-order valence-electron chi connectivity index (χ0n) is 16.7. The van der Waals surface area contributed by atoms with Gasteiger partial charge in [0, 0.05) is 5.56 Å². The zero-order chi connectivity index (χ0) is 22.0. The Morgan fingerprint density at radius 1 is 1.13 bits per heavy atom. The first-order valence-electron chi connectivity index (χ1n) is 9.79. The number of halogens is 1. The van der Waals surface area contributed by atoms with Crippen LogP contribution in [0.15, 0.2) is 76.9 Å². The zero-order valence-corrected chi connectivity index (χ0v) is 17.5. The van der Waals surface area contributed by atoms with Gasteiger partial charge in [-0.2, -0.15) is 0 Å². The van der Waals surface area contributed by atoms with Gasteiger partial charge < -0.3 is 19.2 Å². The van der Waals surface area contributed by atoms with E-state index >= 15 is 0 Å². The summed E-state index contributed by atoms with van der Waals surface area (Å²) in [5, 5.41) is 11.4. The molecule has 6 nitrogen and oxygen atoms in total. The molecule has 158 valence electrons. The van der Waals surface area contributed by atoms with Crippen molar-refractivity contribution in [3.63, 3.8) is 0 Å². The molecule has 2 aromatic carbocycles. The van der Waals surface area contributed by atoms with E-state index in [1.807, 2.05) is 25.1 Å². The molecule has 2 heterocycles. The maximum absolute atomic E-state index is 13.1. The van der Waals surface area contributed by atoms with E-state index in [9.17, 15) is 14.7 Å². The van der Waals surface area contributed by atoms with E-state index in [4.69, 9.17) is 20.8 Å².